The molecule has 2 aromatic carbocycles. The molecule has 5 nitrogen and oxygen atoms in total. The van der Waals surface area contributed by atoms with Crippen molar-refractivity contribution in [2.24, 2.45) is 0 Å². The molecule has 0 aliphatic heterocycles. The van der Waals surface area contributed by atoms with Crippen molar-refractivity contribution in [1.29, 1.82) is 5.26 Å². The molecule has 0 aliphatic rings. The second-order valence-electron chi connectivity index (χ2n) is 5.03. The van der Waals surface area contributed by atoms with E-state index in [1.54, 1.807) is 42.5 Å². The standard InChI is InChI=1S/C19H15Cl2NO4/c1-24-18-10-13(2-6-17(18)25-9-8-22)3-7-19(23)26-12-14-4-5-15(20)11-16(14)21/h2-7,10-11H,9,12H2,1H3. The highest BCUT2D eigenvalue weighted by atomic mass is 35.5. The Hall–Kier alpha value is -2.68. The van der Waals surface area contributed by atoms with Gasteiger partial charge in [-0.2, -0.15) is 5.26 Å². The number of nitriles is 1. The summed E-state index contributed by atoms with van der Waals surface area (Å²) in [5.74, 6) is 0.398. The van der Waals surface area contributed by atoms with Gasteiger partial charge < -0.3 is 14.2 Å². The molecule has 134 valence electrons. The van der Waals surface area contributed by atoms with E-state index < -0.39 is 5.97 Å². The van der Waals surface area contributed by atoms with E-state index in [0.717, 1.165) is 0 Å². The summed E-state index contributed by atoms with van der Waals surface area (Å²) in [6.45, 7) is -0.0332. The van der Waals surface area contributed by atoms with Gasteiger partial charge in [0, 0.05) is 21.7 Å². The fourth-order valence-corrected chi connectivity index (χ4v) is 2.48. The van der Waals surface area contributed by atoms with Gasteiger partial charge in [-0.05, 0) is 35.9 Å². The predicted octanol–water partition coefficient (Wildman–Crippen LogP) is 4.66. The molecule has 0 saturated heterocycles. The van der Waals surface area contributed by atoms with Crippen LogP contribution in [0.15, 0.2) is 42.5 Å². The van der Waals surface area contributed by atoms with Crippen molar-refractivity contribution in [2.75, 3.05) is 13.7 Å². The Morgan fingerprint density at radius 3 is 2.69 bits per heavy atom. The van der Waals surface area contributed by atoms with E-state index in [9.17, 15) is 4.79 Å². The number of benzene rings is 2. The molecule has 0 amide bonds. The van der Waals surface area contributed by atoms with E-state index in [4.69, 9.17) is 42.7 Å². The maximum absolute atomic E-state index is 11.9. The van der Waals surface area contributed by atoms with Crippen molar-refractivity contribution in [1.82, 2.24) is 0 Å². The van der Waals surface area contributed by atoms with Crippen LogP contribution < -0.4 is 9.47 Å². The third-order valence-electron chi connectivity index (χ3n) is 3.28. The van der Waals surface area contributed by atoms with Crippen molar-refractivity contribution in [3.8, 4) is 17.6 Å². The number of carbonyl (C=O) groups is 1. The van der Waals surface area contributed by atoms with Crippen LogP contribution in [0, 0.1) is 11.3 Å². The van der Waals surface area contributed by atoms with Crippen LogP contribution in [0.25, 0.3) is 6.08 Å². The third kappa shape index (κ3) is 5.69. The molecule has 0 aliphatic carbocycles. The van der Waals surface area contributed by atoms with Crippen LogP contribution in [0.1, 0.15) is 11.1 Å². The van der Waals surface area contributed by atoms with Crippen molar-refractivity contribution < 1.29 is 19.0 Å². The molecule has 0 atom stereocenters. The summed E-state index contributed by atoms with van der Waals surface area (Å²) < 4.78 is 15.6. The molecule has 0 unspecified atom stereocenters. The highest BCUT2D eigenvalue weighted by Crippen LogP contribution is 2.28. The lowest BCUT2D eigenvalue weighted by Crippen LogP contribution is -2.01. The first-order valence-electron chi connectivity index (χ1n) is 7.50. The van der Waals surface area contributed by atoms with Crippen LogP contribution in [-0.4, -0.2) is 19.7 Å². The lowest BCUT2D eigenvalue weighted by atomic mass is 10.2. The van der Waals surface area contributed by atoms with Crippen molar-refractivity contribution in [3.63, 3.8) is 0 Å². The van der Waals surface area contributed by atoms with E-state index >= 15 is 0 Å². The molecule has 0 bridgehead atoms. The highest BCUT2D eigenvalue weighted by molar-refractivity contribution is 6.35. The molecule has 0 heterocycles. The molecule has 26 heavy (non-hydrogen) atoms. The molecule has 0 spiro atoms. The second-order valence-corrected chi connectivity index (χ2v) is 5.88. The summed E-state index contributed by atoms with van der Waals surface area (Å²) in [5.41, 5.74) is 1.38. The Balaban J connectivity index is 1.97. The summed E-state index contributed by atoms with van der Waals surface area (Å²) in [4.78, 5) is 11.9. The second kappa shape index (κ2) is 9.71. The number of ether oxygens (including phenoxy) is 3. The lowest BCUT2D eigenvalue weighted by molar-refractivity contribution is -0.138. The van der Waals surface area contributed by atoms with Gasteiger partial charge >= 0.3 is 5.97 Å². The molecular formula is C19H15Cl2NO4. The van der Waals surface area contributed by atoms with Gasteiger partial charge in [0.05, 0.1) is 7.11 Å². The Labute approximate surface area is 161 Å². The number of nitrogens with zero attached hydrogens (tertiary/aromatic N) is 1. The van der Waals surface area contributed by atoms with Crippen LogP contribution in [0.3, 0.4) is 0 Å². The Morgan fingerprint density at radius 2 is 2.00 bits per heavy atom. The van der Waals surface area contributed by atoms with E-state index in [1.165, 1.54) is 13.2 Å². The summed E-state index contributed by atoms with van der Waals surface area (Å²) in [7, 11) is 1.49. The number of hydrogen-bond acceptors (Lipinski definition) is 5. The molecule has 0 aromatic heterocycles. The van der Waals surface area contributed by atoms with Gasteiger partial charge in [0.15, 0.2) is 18.1 Å². The minimum Gasteiger partial charge on any atom is -0.493 e. The Kier molecular flexibility index (Phi) is 7.34. The zero-order valence-corrected chi connectivity index (χ0v) is 15.4. The SMILES string of the molecule is COc1cc(C=CC(=O)OCc2ccc(Cl)cc2Cl)ccc1OCC#N. The molecule has 2 rings (SSSR count). The van der Waals surface area contributed by atoms with Gasteiger partial charge in [-0.15, -0.1) is 0 Å². The first kappa shape index (κ1) is 19.6. The highest BCUT2D eigenvalue weighted by Gasteiger charge is 2.06. The fraction of sp³-hybridized carbons (Fsp3) is 0.158. The van der Waals surface area contributed by atoms with Gasteiger partial charge in [0.2, 0.25) is 0 Å². The molecule has 0 saturated carbocycles. The fourth-order valence-electron chi connectivity index (χ4n) is 2.02. The number of rotatable bonds is 7. The van der Waals surface area contributed by atoms with Crippen LogP contribution in [0.5, 0.6) is 11.5 Å². The van der Waals surface area contributed by atoms with E-state index in [-0.39, 0.29) is 13.2 Å². The van der Waals surface area contributed by atoms with E-state index in [1.807, 2.05) is 6.07 Å². The quantitative estimate of drug-likeness (QED) is 0.506. The van der Waals surface area contributed by atoms with Crippen molar-refractivity contribution in [3.05, 3.63) is 63.6 Å². The average Bonchev–Trinajstić information content (AvgIpc) is 2.64. The van der Waals surface area contributed by atoms with Crippen molar-refractivity contribution >= 4 is 35.2 Å². The summed E-state index contributed by atoms with van der Waals surface area (Å²) in [6, 6.07) is 11.9. The molecule has 0 radical (unpaired) electrons. The Bertz CT molecular complexity index is 859. The van der Waals surface area contributed by atoms with Crippen LogP contribution in [0.2, 0.25) is 10.0 Å². The van der Waals surface area contributed by atoms with Crippen molar-refractivity contribution in [2.45, 2.75) is 6.61 Å². The normalized spacial score (nSPS) is 10.4. The number of carbonyl (C=O) groups excluding carboxylic acids is 1. The maximum Gasteiger partial charge on any atom is 0.331 e. The third-order valence-corrected chi connectivity index (χ3v) is 3.86. The van der Waals surface area contributed by atoms with Crippen LogP contribution in [-0.2, 0) is 16.1 Å². The molecule has 7 heteroatoms. The molecule has 0 fully saturated rings. The van der Waals surface area contributed by atoms with Gasteiger partial charge in [0.25, 0.3) is 0 Å². The lowest BCUT2D eigenvalue weighted by Gasteiger charge is -2.08. The molecular weight excluding hydrogens is 377 g/mol. The van der Waals surface area contributed by atoms with Crippen LogP contribution in [0.4, 0.5) is 0 Å². The zero-order chi connectivity index (χ0) is 18.9. The van der Waals surface area contributed by atoms with E-state index in [2.05, 4.69) is 0 Å². The summed E-state index contributed by atoms with van der Waals surface area (Å²) in [6.07, 6.45) is 2.89. The van der Waals surface area contributed by atoms with Crippen LogP contribution >= 0.6 is 23.2 Å². The topological polar surface area (TPSA) is 68.6 Å². The summed E-state index contributed by atoms with van der Waals surface area (Å²) >= 11 is 11.9. The first-order chi connectivity index (χ1) is 12.5. The number of methoxy groups -OCH3 is 1. The minimum atomic E-state index is -0.514. The zero-order valence-electron chi connectivity index (χ0n) is 13.9. The van der Waals surface area contributed by atoms with Gasteiger partial charge in [-0.1, -0.05) is 35.3 Å². The Morgan fingerprint density at radius 1 is 1.19 bits per heavy atom. The number of esters is 1. The average molecular weight is 392 g/mol. The van der Waals surface area contributed by atoms with E-state index in [0.29, 0.717) is 32.7 Å². The number of halogens is 2. The monoisotopic (exact) mass is 391 g/mol. The first-order valence-corrected chi connectivity index (χ1v) is 8.25. The minimum absolute atomic E-state index is 0.0451. The molecule has 0 N–H and O–H groups in total. The number of hydrogen-bond donors (Lipinski definition) is 0. The predicted molar refractivity (Wildman–Crippen MR) is 99.4 cm³/mol. The largest absolute Gasteiger partial charge is 0.493 e. The maximum atomic E-state index is 11.9. The smallest absolute Gasteiger partial charge is 0.331 e. The van der Waals surface area contributed by atoms with Gasteiger partial charge in [-0.25, -0.2) is 4.79 Å². The molecule has 2 aromatic rings. The summed E-state index contributed by atoms with van der Waals surface area (Å²) in [5, 5.41) is 9.51. The van der Waals surface area contributed by atoms with Gasteiger partial charge in [-0.3, -0.25) is 0 Å². The van der Waals surface area contributed by atoms with Gasteiger partial charge in [0.1, 0.15) is 12.7 Å².